The molecule has 0 saturated heterocycles. The molecule has 2 atom stereocenters. The molecule has 2 aromatic carbocycles. The van der Waals surface area contributed by atoms with E-state index in [0.29, 0.717) is 5.02 Å². The minimum Gasteiger partial charge on any atom is -0.485 e. The molecule has 3 rings (SSSR count). The lowest BCUT2D eigenvalue weighted by molar-refractivity contribution is 0.154. The lowest BCUT2D eigenvalue weighted by atomic mass is 9.93. The molecule has 0 saturated carbocycles. The van der Waals surface area contributed by atoms with Gasteiger partial charge in [-0.2, -0.15) is 0 Å². The maximum Gasteiger partial charge on any atom is 0.127 e. The number of fused-ring (bicyclic) bond motifs is 1. The second-order valence-electron chi connectivity index (χ2n) is 5.03. The van der Waals surface area contributed by atoms with Crippen LogP contribution in [0.5, 0.6) is 5.75 Å². The van der Waals surface area contributed by atoms with Crippen molar-refractivity contribution in [3.63, 3.8) is 0 Å². The highest BCUT2D eigenvalue weighted by Gasteiger charge is 2.29. The SMILES string of the molecule is CNC1CC(c2ccc(Br)cc2Cl)Oc2ccc(Cl)cc21. The van der Waals surface area contributed by atoms with Gasteiger partial charge in [0.1, 0.15) is 11.9 Å². The van der Waals surface area contributed by atoms with Crippen molar-refractivity contribution in [2.75, 3.05) is 7.05 Å². The topological polar surface area (TPSA) is 21.3 Å². The molecule has 110 valence electrons. The third-order valence-corrected chi connectivity index (χ3v) is 4.78. The summed E-state index contributed by atoms with van der Waals surface area (Å²) >= 11 is 15.9. The molecule has 1 N–H and O–H groups in total. The summed E-state index contributed by atoms with van der Waals surface area (Å²) in [6.45, 7) is 0. The summed E-state index contributed by atoms with van der Waals surface area (Å²) in [5, 5.41) is 4.76. The van der Waals surface area contributed by atoms with Gasteiger partial charge in [0, 0.05) is 38.1 Å². The molecule has 2 nitrogen and oxygen atoms in total. The van der Waals surface area contributed by atoms with Gasteiger partial charge in [0.25, 0.3) is 0 Å². The van der Waals surface area contributed by atoms with Crippen molar-refractivity contribution in [1.29, 1.82) is 0 Å². The first-order chi connectivity index (χ1) is 10.1. The highest BCUT2D eigenvalue weighted by atomic mass is 79.9. The van der Waals surface area contributed by atoms with Crippen LogP contribution in [-0.4, -0.2) is 7.05 Å². The summed E-state index contributed by atoms with van der Waals surface area (Å²) in [5.74, 6) is 0.856. The molecule has 0 bridgehead atoms. The Balaban J connectivity index is 1.98. The third-order valence-electron chi connectivity index (χ3n) is 3.72. The Kier molecular flexibility index (Phi) is 4.46. The second kappa shape index (κ2) is 6.17. The summed E-state index contributed by atoms with van der Waals surface area (Å²) in [6, 6.07) is 11.8. The van der Waals surface area contributed by atoms with Gasteiger partial charge >= 0.3 is 0 Å². The molecule has 0 amide bonds. The number of halogens is 3. The Labute approximate surface area is 142 Å². The standard InChI is InChI=1S/C16H14BrCl2NO/c1-20-14-8-16(11-4-2-9(17)6-13(11)19)21-15-5-3-10(18)7-12(14)15/h2-7,14,16,20H,8H2,1H3. The molecule has 1 aliphatic rings. The predicted molar refractivity (Wildman–Crippen MR) is 90.4 cm³/mol. The maximum atomic E-state index is 6.35. The molecular weight excluding hydrogens is 373 g/mol. The Morgan fingerprint density at radius 3 is 2.67 bits per heavy atom. The number of benzene rings is 2. The summed E-state index contributed by atoms with van der Waals surface area (Å²) in [7, 11) is 1.95. The summed E-state index contributed by atoms with van der Waals surface area (Å²) in [5.41, 5.74) is 2.09. The fourth-order valence-corrected chi connectivity index (χ4v) is 3.64. The number of nitrogens with one attached hydrogen (secondary N) is 1. The van der Waals surface area contributed by atoms with Crippen LogP contribution in [0.25, 0.3) is 0 Å². The van der Waals surface area contributed by atoms with Gasteiger partial charge in [-0.15, -0.1) is 0 Å². The minimum absolute atomic E-state index is 0.0725. The summed E-state index contributed by atoms with van der Waals surface area (Å²) < 4.78 is 7.09. The number of ether oxygens (including phenoxy) is 1. The molecule has 0 fully saturated rings. The van der Waals surface area contributed by atoms with Crippen LogP contribution in [-0.2, 0) is 0 Å². The van der Waals surface area contributed by atoms with Crippen molar-refractivity contribution in [2.45, 2.75) is 18.6 Å². The smallest absolute Gasteiger partial charge is 0.127 e. The van der Waals surface area contributed by atoms with Crippen molar-refractivity contribution >= 4 is 39.1 Å². The lowest BCUT2D eigenvalue weighted by Gasteiger charge is -2.33. The molecule has 1 heterocycles. The molecule has 2 unspecified atom stereocenters. The van der Waals surface area contributed by atoms with Crippen molar-refractivity contribution in [1.82, 2.24) is 5.32 Å². The van der Waals surface area contributed by atoms with Crippen LogP contribution in [0.2, 0.25) is 10.0 Å². The van der Waals surface area contributed by atoms with Gasteiger partial charge in [-0.05, 0) is 37.4 Å². The van der Waals surface area contributed by atoms with E-state index in [1.165, 1.54) is 0 Å². The van der Waals surface area contributed by atoms with E-state index in [0.717, 1.165) is 32.8 Å². The van der Waals surface area contributed by atoms with E-state index in [1.807, 2.05) is 43.4 Å². The van der Waals surface area contributed by atoms with Gasteiger partial charge in [-0.25, -0.2) is 0 Å². The molecule has 0 aliphatic carbocycles. The highest BCUT2D eigenvalue weighted by Crippen LogP contribution is 2.43. The van der Waals surface area contributed by atoms with E-state index in [1.54, 1.807) is 0 Å². The first kappa shape index (κ1) is 15.2. The fraction of sp³-hybridized carbons (Fsp3) is 0.250. The quantitative estimate of drug-likeness (QED) is 0.731. The van der Waals surface area contributed by atoms with Crippen molar-refractivity contribution < 1.29 is 4.74 Å². The molecule has 5 heteroatoms. The average Bonchev–Trinajstić information content (AvgIpc) is 2.46. The molecule has 2 aromatic rings. The molecular formula is C16H14BrCl2NO. The average molecular weight is 387 g/mol. The third kappa shape index (κ3) is 3.07. The Morgan fingerprint density at radius 2 is 1.95 bits per heavy atom. The largest absolute Gasteiger partial charge is 0.485 e. The normalized spacial score (nSPS) is 20.8. The van der Waals surface area contributed by atoms with Crippen LogP contribution < -0.4 is 10.1 Å². The Bertz CT molecular complexity index is 677. The zero-order valence-electron chi connectivity index (χ0n) is 11.4. The van der Waals surface area contributed by atoms with Crippen molar-refractivity contribution in [3.8, 4) is 5.75 Å². The number of hydrogen-bond donors (Lipinski definition) is 1. The van der Waals surface area contributed by atoms with Crippen LogP contribution >= 0.6 is 39.1 Å². The second-order valence-corrected chi connectivity index (χ2v) is 6.79. The fourth-order valence-electron chi connectivity index (χ4n) is 2.67. The summed E-state index contributed by atoms with van der Waals surface area (Å²) in [6.07, 6.45) is 0.738. The van der Waals surface area contributed by atoms with Crippen LogP contribution in [0.15, 0.2) is 40.9 Å². The summed E-state index contributed by atoms with van der Waals surface area (Å²) in [4.78, 5) is 0. The van der Waals surface area contributed by atoms with Gasteiger partial charge in [0.05, 0.1) is 0 Å². The maximum absolute atomic E-state index is 6.35. The predicted octanol–water partition coefficient (Wildman–Crippen LogP) is 5.54. The van der Waals surface area contributed by atoms with E-state index >= 15 is 0 Å². The number of hydrogen-bond acceptors (Lipinski definition) is 2. The van der Waals surface area contributed by atoms with E-state index < -0.39 is 0 Å². The van der Waals surface area contributed by atoms with Gasteiger partial charge in [0.2, 0.25) is 0 Å². The van der Waals surface area contributed by atoms with E-state index in [2.05, 4.69) is 21.2 Å². The van der Waals surface area contributed by atoms with E-state index in [4.69, 9.17) is 27.9 Å². The Hall–Kier alpha value is -0.740. The van der Waals surface area contributed by atoms with E-state index in [-0.39, 0.29) is 12.1 Å². The Morgan fingerprint density at radius 1 is 1.14 bits per heavy atom. The van der Waals surface area contributed by atoms with Crippen LogP contribution in [0.4, 0.5) is 0 Å². The van der Waals surface area contributed by atoms with Crippen molar-refractivity contribution in [2.24, 2.45) is 0 Å². The lowest BCUT2D eigenvalue weighted by Crippen LogP contribution is -2.26. The molecule has 0 radical (unpaired) electrons. The van der Waals surface area contributed by atoms with Gasteiger partial charge in [0.15, 0.2) is 0 Å². The van der Waals surface area contributed by atoms with E-state index in [9.17, 15) is 0 Å². The first-order valence-electron chi connectivity index (χ1n) is 6.67. The molecule has 0 spiro atoms. The molecule has 1 aliphatic heterocycles. The van der Waals surface area contributed by atoms with Gasteiger partial charge in [-0.3, -0.25) is 0 Å². The van der Waals surface area contributed by atoms with Gasteiger partial charge < -0.3 is 10.1 Å². The molecule has 0 aromatic heterocycles. The zero-order chi connectivity index (χ0) is 15.0. The van der Waals surface area contributed by atoms with Gasteiger partial charge in [-0.1, -0.05) is 45.2 Å². The highest BCUT2D eigenvalue weighted by molar-refractivity contribution is 9.10. The zero-order valence-corrected chi connectivity index (χ0v) is 14.5. The van der Waals surface area contributed by atoms with Crippen LogP contribution in [0, 0.1) is 0 Å². The monoisotopic (exact) mass is 385 g/mol. The van der Waals surface area contributed by atoms with Crippen LogP contribution in [0.1, 0.15) is 29.7 Å². The number of rotatable bonds is 2. The first-order valence-corrected chi connectivity index (χ1v) is 8.21. The van der Waals surface area contributed by atoms with Crippen molar-refractivity contribution in [3.05, 3.63) is 62.0 Å². The minimum atomic E-state index is -0.0725. The van der Waals surface area contributed by atoms with Crippen LogP contribution in [0.3, 0.4) is 0 Å². The molecule has 21 heavy (non-hydrogen) atoms.